The monoisotopic (exact) mass is 330 g/mol. The van der Waals surface area contributed by atoms with Crippen LogP contribution in [0.2, 0.25) is 0 Å². The molecule has 23 heavy (non-hydrogen) atoms. The van der Waals surface area contributed by atoms with E-state index in [0.717, 1.165) is 24.4 Å². The van der Waals surface area contributed by atoms with E-state index >= 15 is 0 Å². The first-order valence-electron chi connectivity index (χ1n) is 7.47. The standard InChI is InChI=1S/C15H18N6OS/c1-4-5-13-16-14(22-18-13)9-23-15-17-19-20-21(15)12-7-6-10(2)11(3)8-12/h6-8H,4-5,9H2,1-3H3. The number of nitrogens with zero attached hydrogens (tertiary/aromatic N) is 6. The molecule has 1 aromatic carbocycles. The van der Waals surface area contributed by atoms with E-state index in [-0.39, 0.29) is 0 Å². The lowest BCUT2D eigenvalue weighted by molar-refractivity contribution is 0.384. The molecule has 0 saturated carbocycles. The Morgan fingerprint density at radius 3 is 2.87 bits per heavy atom. The number of aromatic nitrogens is 6. The zero-order valence-electron chi connectivity index (χ0n) is 13.4. The number of rotatable bonds is 6. The van der Waals surface area contributed by atoms with Gasteiger partial charge in [0.15, 0.2) is 5.82 Å². The van der Waals surface area contributed by atoms with E-state index in [9.17, 15) is 0 Å². The lowest BCUT2D eigenvalue weighted by Gasteiger charge is -2.06. The predicted octanol–water partition coefficient (Wildman–Crippen LogP) is 2.91. The number of aryl methyl sites for hydroxylation is 3. The van der Waals surface area contributed by atoms with E-state index < -0.39 is 0 Å². The molecule has 0 N–H and O–H groups in total. The topological polar surface area (TPSA) is 82.5 Å². The Labute approximate surface area is 138 Å². The Kier molecular flexibility index (Phi) is 4.71. The fraction of sp³-hybridized carbons (Fsp3) is 0.400. The lowest BCUT2D eigenvalue weighted by Crippen LogP contribution is -2.00. The molecule has 0 aliphatic heterocycles. The number of tetrazole rings is 1. The Balaban J connectivity index is 1.74. The van der Waals surface area contributed by atoms with E-state index in [1.807, 2.05) is 6.07 Å². The van der Waals surface area contributed by atoms with E-state index in [4.69, 9.17) is 4.52 Å². The van der Waals surface area contributed by atoms with Crippen molar-refractivity contribution in [1.29, 1.82) is 0 Å². The van der Waals surface area contributed by atoms with Gasteiger partial charge in [-0.3, -0.25) is 0 Å². The summed E-state index contributed by atoms with van der Waals surface area (Å²) in [5.74, 6) is 1.88. The van der Waals surface area contributed by atoms with Crippen LogP contribution in [-0.2, 0) is 12.2 Å². The summed E-state index contributed by atoms with van der Waals surface area (Å²) in [6.07, 6.45) is 1.83. The second-order valence-corrected chi connectivity index (χ2v) is 6.23. The van der Waals surface area contributed by atoms with E-state index in [1.165, 1.54) is 22.9 Å². The van der Waals surface area contributed by atoms with Gasteiger partial charge in [-0.25, -0.2) is 0 Å². The molecule has 0 spiro atoms. The van der Waals surface area contributed by atoms with Gasteiger partial charge >= 0.3 is 0 Å². The van der Waals surface area contributed by atoms with Crippen molar-refractivity contribution in [3.05, 3.63) is 41.0 Å². The highest BCUT2D eigenvalue weighted by molar-refractivity contribution is 7.98. The van der Waals surface area contributed by atoms with Crippen LogP contribution in [0.15, 0.2) is 27.9 Å². The smallest absolute Gasteiger partial charge is 0.237 e. The lowest BCUT2D eigenvalue weighted by atomic mass is 10.1. The average molecular weight is 330 g/mol. The molecule has 3 rings (SSSR count). The van der Waals surface area contributed by atoms with Crippen molar-refractivity contribution >= 4 is 11.8 Å². The summed E-state index contributed by atoms with van der Waals surface area (Å²) in [7, 11) is 0. The molecule has 0 radical (unpaired) electrons. The highest BCUT2D eigenvalue weighted by atomic mass is 32.2. The summed E-state index contributed by atoms with van der Waals surface area (Å²) in [6.45, 7) is 6.24. The van der Waals surface area contributed by atoms with Crippen molar-refractivity contribution in [3.8, 4) is 5.69 Å². The third kappa shape index (κ3) is 3.58. The Morgan fingerprint density at radius 1 is 1.22 bits per heavy atom. The van der Waals surface area contributed by atoms with Gasteiger partial charge in [0.1, 0.15) is 0 Å². The number of thioether (sulfide) groups is 1. The van der Waals surface area contributed by atoms with E-state index in [0.29, 0.717) is 16.8 Å². The van der Waals surface area contributed by atoms with Crippen LogP contribution in [0.5, 0.6) is 0 Å². The van der Waals surface area contributed by atoms with Crippen LogP contribution in [0.3, 0.4) is 0 Å². The average Bonchev–Trinajstić information content (AvgIpc) is 3.17. The molecular formula is C15H18N6OS. The van der Waals surface area contributed by atoms with Gasteiger partial charge in [-0.15, -0.1) is 5.10 Å². The van der Waals surface area contributed by atoms with E-state index in [2.05, 4.69) is 58.6 Å². The molecule has 0 fully saturated rings. The van der Waals surface area contributed by atoms with Gasteiger partial charge in [0.25, 0.3) is 0 Å². The summed E-state index contributed by atoms with van der Waals surface area (Å²) >= 11 is 1.47. The zero-order chi connectivity index (χ0) is 16.2. The van der Waals surface area contributed by atoms with Gasteiger partial charge < -0.3 is 4.52 Å². The summed E-state index contributed by atoms with van der Waals surface area (Å²) in [5.41, 5.74) is 3.39. The van der Waals surface area contributed by atoms with Gasteiger partial charge in [0.05, 0.1) is 11.4 Å². The first-order valence-corrected chi connectivity index (χ1v) is 8.46. The van der Waals surface area contributed by atoms with Crippen LogP contribution in [0.1, 0.15) is 36.2 Å². The minimum absolute atomic E-state index is 0.544. The number of hydrogen-bond acceptors (Lipinski definition) is 7. The van der Waals surface area contributed by atoms with Crippen molar-refractivity contribution in [2.45, 2.75) is 44.5 Å². The molecule has 8 heteroatoms. The molecule has 3 aromatic rings. The van der Waals surface area contributed by atoms with Crippen molar-refractivity contribution in [3.63, 3.8) is 0 Å². The molecule has 0 amide bonds. The predicted molar refractivity (Wildman–Crippen MR) is 86.5 cm³/mol. The van der Waals surface area contributed by atoms with Crippen LogP contribution in [0.4, 0.5) is 0 Å². The first-order chi connectivity index (χ1) is 11.2. The molecular weight excluding hydrogens is 312 g/mol. The minimum Gasteiger partial charge on any atom is -0.338 e. The van der Waals surface area contributed by atoms with Crippen LogP contribution < -0.4 is 0 Å². The van der Waals surface area contributed by atoms with E-state index in [1.54, 1.807) is 4.68 Å². The first kappa shape index (κ1) is 15.7. The highest BCUT2D eigenvalue weighted by Crippen LogP contribution is 2.23. The van der Waals surface area contributed by atoms with Crippen molar-refractivity contribution in [1.82, 2.24) is 30.3 Å². The number of hydrogen-bond donors (Lipinski definition) is 0. The Morgan fingerprint density at radius 2 is 2.09 bits per heavy atom. The minimum atomic E-state index is 0.544. The third-order valence-corrected chi connectivity index (χ3v) is 4.39. The zero-order valence-corrected chi connectivity index (χ0v) is 14.2. The molecule has 2 aromatic heterocycles. The maximum Gasteiger partial charge on any atom is 0.237 e. The summed E-state index contributed by atoms with van der Waals surface area (Å²) < 4.78 is 6.96. The van der Waals surface area contributed by atoms with Crippen molar-refractivity contribution in [2.75, 3.05) is 0 Å². The Hall–Kier alpha value is -2.22. The Bertz CT molecular complexity index is 797. The summed E-state index contributed by atoms with van der Waals surface area (Å²) in [5, 5.41) is 16.6. The fourth-order valence-corrected chi connectivity index (χ4v) is 2.82. The van der Waals surface area contributed by atoms with Gasteiger partial charge in [-0.1, -0.05) is 29.9 Å². The van der Waals surface area contributed by atoms with Crippen LogP contribution in [0, 0.1) is 13.8 Å². The molecule has 0 saturated heterocycles. The van der Waals surface area contributed by atoms with Gasteiger partial charge in [0, 0.05) is 6.42 Å². The van der Waals surface area contributed by atoms with Gasteiger partial charge in [-0.05, 0) is 54.0 Å². The SMILES string of the molecule is CCCc1noc(CSc2nnnn2-c2ccc(C)c(C)c2)n1. The van der Waals surface area contributed by atoms with Crippen molar-refractivity contribution in [2.24, 2.45) is 0 Å². The normalized spacial score (nSPS) is 11.1. The fourth-order valence-electron chi connectivity index (χ4n) is 2.09. The molecule has 2 heterocycles. The van der Waals surface area contributed by atoms with Crippen molar-refractivity contribution < 1.29 is 4.52 Å². The largest absolute Gasteiger partial charge is 0.338 e. The molecule has 0 bridgehead atoms. The maximum atomic E-state index is 5.24. The quantitative estimate of drug-likeness (QED) is 0.643. The number of benzene rings is 1. The second-order valence-electron chi connectivity index (χ2n) is 5.28. The van der Waals surface area contributed by atoms with Gasteiger partial charge in [-0.2, -0.15) is 9.67 Å². The molecule has 0 aliphatic rings. The van der Waals surface area contributed by atoms with Gasteiger partial charge in [0.2, 0.25) is 11.0 Å². The summed E-state index contributed by atoms with van der Waals surface area (Å²) in [4.78, 5) is 4.35. The maximum absolute atomic E-state index is 5.24. The van der Waals surface area contributed by atoms with Crippen LogP contribution >= 0.6 is 11.8 Å². The van der Waals surface area contributed by atoms with Crippen LogP contribution in [-0.4, -0.2) is 30.3 Å². The highest BCUT2D eigenvalue weighted by Gasteiger charge is 2.12. The second kappa shape index (κ2) is 6.91. The molecule has 0 unspecified atom stereocenters. The molecule has 120 valence electrons. The third-order valence-electron chi connectivity index (χ3n) is 3.48. The summed E-state index contributed by atoms with van der Waals surface area (Å²) in [6, 6.07) is 6.15. The molecule has 0 atom stereocenters. The van der Waals surface area contributed by atoms with Crippen LogP contribution in [0.25, 0.3) is 5.69 Å². The molecule has 0 aliphatic carbocycles. The molecule has 7 nitrogen and oxygen atoms in total.